The number of nitrogens with zero attached hydrogens (tertiary/aromatic N) is 1. The molecule has 0 aliphatic carbocycles. The number of carbonyl (C=O) groups is 1. The molecule has 6 heteroatoms. The zero-order chi connectivity index (χ0) is 13.1. The van der Waals surface area contributed by atoms with Crippen LogP contribution in [0.5, 0.6) is 0 Å². The number of likely N-dealkylation sites (tertiary alicyclic amines) is 1. The topological polar surface area (TPSA) is 83.9 Å². The Morgan fingerprint density at radius 3 is 2.78 bits per heavy atom. The van der Waals surface area contributed by atoms with E-state index in [0.29, 0.717) is 31.0 Å². The first-order valence-corrected chi connectivity index (χ1v) is 6.14. The fourth-order valence-corrected chi connectivity index (χ4v) is 2.34. The summed E-state index contributed by atoms with van der Waals surface area (Å²) in [4.78, 5) is 24.1. The minimum absolute atomic E-state index is 0.314. The van der Waals surface area contributed by atoms with Gasteiger partial charge >= 0.3 is 11.8 Å². The monoisotopic (exact) mass is 255 g/mol. The summed E-state index contributed by atoms with van der Waals surface area (Å²) in [5.41, 5.74) is 0. The Bertz CT molecular complexity index is 475. The summed E-state index contributed by atoms with van der Waals surface area (Å²) in [5.74, 6) is -0.703. The van der Waals surface area contributed by atoms with Crippen LogP contribution in [-0.4, -0.2) is 28.6 Å². The maximum Gasteiger partial charge on any atom is 0.519 e. The number of hydrogen-bond donors (Lipinski definition) is 1. The van der Waals surface area contributed by atoms with Crippen LogP contribution in [-0.2, 0) is 11.3 Å². The molecule has 0 aromatic carbocycles. The minimum Gasteiger partial charge on any atom is -0.480 e. The van der Waals surface area contributed by atoms with Crippen LogP contribution in [0.4, 0.5) is 0 Å². The molecule has 1 aromatic rings. The lowest BCUT2D eigenvalue weighted by Gasteiger charge is -2.25. The Morgan fingerprint density at radius 2 is 2.17 bits per heavy atom. The van der Waals surface area contributed by atoms with Crippen molar-refractivity contribution >= 4 is 5.97 Å². The highest BCUT2D eigenvalue weighted by atomic mass is 16.6. The van der Waals surface area contributed by atoms with E-state index in [9.17, 15) is 14.7 Å². The van der Waals surface area contributed by atoms with Crippen LogP contribution in [0.2, 0.25) is 0 Å². The van der Waals surface area contributed by atoms with Gasteiger partial charge in [-0.1, -0.05) is 12.8 Å². The van der Waals surface area contributed by atoms with Gasteiger partial charge in [-0.05, 0) is 26.3 Å². The molecule has 100 valence electrons. The maximum absolute atomic E-state index is 11.2. The lowest BCUT2D eigenvalue weighted by atomic mass is 10.1. The smallest absolute Gasteiger partial charge is 0.480 e. The van der Waals surface area contributed by atoms with Gasteiger partial charge in [0.15, 0.2) is 5.76 Å². The van der Waals surface area contributed by atoms with E-state index in [1.54, 1.807) is 6.92 Å². The highest BCUT2D eigenvalue weighted by Gasteiger charge is 2.28. The summed E-state index contributed by atoms with van der Waals surface area (Å²) in [6, 6.07) is -0.507. The molecule has 6 nitrogen and oxygen atoms in total. The summed E-state index contributed by atoms with van der Waals surface area (Å²) in [6.07, 6.45) is 3.55. The quantitative estimate of drug-likeness (QED) is 0.878. The summed E-state index contributed by atoms with van der Waals surface area (Å²) in [7, 11) is 0. The van der Waals surface area contributed by atoms with Crippen LogP contribution in [0.3, 0.4) is 0 Å². The van der Waals surface area contributed by atoms with E-state index in [0.717, 1.165) is 19.3 Å². The first-order chi connectivity index (χ1) is 8.58. The molecule has 1 aliphatic heterocycles. The Balaban J connectivity index is 2.16. The second-order valence-corrected chi connectivity index (χ2v) is 4.61. The predicted molar refractivity (Wildman–Crippen MR) is 62.3 cm³/mol. The molecule has 1 saturated heterocycles. The van der Waals surface area contributed by atoms with Crippen LogP contribution in [0.25, 0.3) is 0 Å². The molecule has 0 radical (unpaired) electrons. The zero-order valence-corrected chi connectivity index (χ0v) is 10.3. The average Bonchev–Trinajstić information content (AvgIpc) is 2.52. The van der Waals surface area contributed by atoms with Gasteiger partial charge in [-0.25, -0.2) is 4.79 Å². The van der Waals surface area contributed by atoms with E-state index in [1.807, 2.05) is 4.90 Å². The predicted octanol–water partition coefficient (Wildman–Crippen LogP) is 1.37. The van der Waals surface area contributed by atoms with Crippen LogP contribution in [0.15, 0.2) is 13.6 Å². The molecule has 0 bridgehead atoms. The first kappa shape index (κ1) is 12.9. The third-order valence-electron chi connectivity index (χ3n) is 3.33. The number of aliphatic carboxylic acids is 1. The lowest BCUT2D eigenvalue weighted by Crippen LogP contribution is -2.40. The van der Waals surface area contributed by atoms with E-state index in [4.69, 9.17) is 8.83 Å². The molecule has 1 N–H and O–H groups in total. The normalized spacial score (nSPS) is 21.7. The molecule has 0 amide bonds. The van der Waals surface area contributed by atoms with Gasteiger partial charge in [0.1, 0.15) is 11.8 Å². The molecule has 2 heterocycles. The molecule has 1 fully saturated rings. The van der Waals surface area contributed by atoms with Crippen LogP contribution < -0.4 is 5.82 Å². The summed E-state index contributed by atoms with van der Waals surface area (Å²) in [6.45, 7) is 2.66. The molecule has 1 atom stereocenters. The molecule has 0 spiro atoms. The number of carboxylic acid groups (broad SMARTS) is 1. The van der Waals surface area contributed by atoms with Crippen LogP contribution >= 0.6 is 0 Å². The van der Waals surface area contributed by atoms with Gasteiger partial charge in [-0.15, -0.1) is 0 Å². The largest absolute Gasteiger partial charge is 0.519 e. The summed E-state index contributed by atoms with van der Waals surface area (Å²) < 4.78 is 9.72. The number of aryl methyl sites for hydroxylation is 1. The SMILES string of the molecule is Cc1oc(=O)oc1CN1CCCCCC1C(=O)O. The maximum atomic E-state index is 11.2. The number of rotatable bonds is 3. The second kappa shape index (κ2) is 5.39. The highest BCUT2D eigenvalue weighted by Crippen LogP contribution is 2.20. The van der Waals surface area contributed by atoms with Crippen molar-refractivity contribution in [1.29, 1.82) is 0 Å². The first-order valence-electron chi connectivity index (χ1n) is 6.14. The van der Waals surface area contributed by atoms with Crippen LogP contribution in [0.1, 0.15) is 37.2 Å². The van der Waals surface area contributed by atoms with Gasteiger partial charge in [-0.2, -0.15) is 0 Å². The van der Waals surface area contributed by atoms with Crippen molar-refractivity contribution < 1.29 is 18.7 Å². The Morgan fingerprint density at radius 1 is 1.39 bits per heavy atom. The van der Waals surface area contributed by atoms with Crippen molar-refractivity contribution in [3.8, 4) is 0 Å². The molecule has 1 aromatic heterocycles. The molecule has 2 rings (SSSR count). The van der Waals surface area contributed by atoms with E-state index >= 15 is 0 Å². The van der Waals surface area contributed by atoms with Crippen LogP contribution in [0, 0.1) is 6.92 Å². The van der Waals surface area contributed by atoms with Crippen molar-refractivity contribution in [2.75, 3.05) is 6.54 Å². The Hall–Kier alpha value is -1.56. The van der Waals surface area contributed by atoms with Gasteiger partial charge in [0.25, 0.3) is 0 Å². The van der Waals surface area contributed by atoms with Gasteiger partial charge in [0.05, 0.1) is 6.54 Å². The van der Waals surface area contributed by atoms with Crippen molar-refractivity contribution in [1.82, 2.24) is 4.90 Å². The van der Waals surface area contributed by atoms with Crippen molar-refractivity contribution in [3.05, 3.63) is 22.1 Å². The highest BCUT2D eigenvalue weighted by molar-refractivity contribution is 5.73. The fourth-order valence-electron chi connectivity index (χ4n) is 2.34. The van der Waals surface area contributed by atoms with Gasteiger partial charge in [0.2, 0.25) is 0 Å². The van der Waals surface area contributed by atoms with Gasteiger partial charge in [-0.3, -0.25) is 9.69 Å². The lowest BCUT2D eigenvalue weighted by molar-refractivity contribution is -0.143. The Kier molecular flexibility index (Phi) is 3.86. The summed E-state index contributed by atoms with van der Waals surface area (Å²) >= 11 is 0. The van der Waals surface area contributed by atoms with Crippen molar-refractivity contribution in [2.45, 2.75) is 45.2 Å². The van der Waals surface area contributed by atoms with E-state index in [1.165, 1.54) is 0 Å². The molecule has 1 unspecified atom stereocenters. The van der Waals surface area contributed by atoms with Crippen molar-refractivity contribution in [2.24, 2.45) is 0 Å². The zero-order valence-electron chi connectivity index (χ0n) is 10.3. The minimum atomic E-state index is -0.819. The van der Waals surface area contributed by atoms with E-state index in [2.05, 4.69) is 0 Å². The van der Waals surface area contributed by atoms with Gasteiger partial charge in [0, 0.05) is 0 Å². The number of carboxylic acids is 1. The third-order valence-corrected chi connectivity index (χ3v) is 3.33. The molecule has 1 aliphatic rings. The third kappa shape index (κ3) is 2.81. The molecule has 18 heavy (non-hydrogen) atoms. The molecular formula is C12H17NO5. The van der Waals surface area contributed by atoms with E-state index < -0.39 is 17.8 Å². The second-order valence-electron chi connectivity index (χ2n) is 4.61. The summed E-state index contributed by atoms with van der Waals surface area (Å²) in [5, 5.41) is 9.23. The average molecular weight is 255 g/mol. The van der Waals surface area contributed by atoms with Gasteiger partial charge < -0.3 is 13.9 Å². The molecule has 0 saturated carbocycles. The fraction of sp³-hybridized carbons (Fsp3) is 0.667. The Labute approximate surface area is 104 Å². The standard InChI is InChI=1S/C12H17NO5/c1-8-10(18-12(16)17-8)7-13-6-4-2-3-5-9(13)11(14)15/h9H,2-7H2,1H3,(H,14,15). The number of hydrogen-bond acceptors (Lipinski definition) is 5. The molecular weight excluding hydrogens is 238 g/mol. The van der Waals surface area contributed by atoms with E-state index in [-0.39, 0.29) is 0 Å². The van der Waals surface area contributed by atoms with Crippen molar-refractivity contribution in [3.63, 3.8) is 0 Å².